The lowest BCUT2D eigenvalue weighted by Crippen LogP contribution is -2.24. The van der Waals surface area contributed by atoms with Crippen LogP contribution in [0.1, 0.15) is 5.56 Å². The minimum absolute atomic E-state index is 0.721. The van der Waals surface area contributed by atoms with Crippen molar-refractivity contribution >= 4 is 17.9 Å². The van der Waals surface area contributed by atoms with E-state index in [9.17, 15) is 0 Å². The molecule has 3 aromatic rings. The van der Waals surface area contributed by atoms with Gasteiger partial charge in [-0.15, -0.1) is 9.20 Å². The van der Waals surface area contributed by atoms with Gasteiger partial charge >= 0.3 is 5.65 Å². The van der Waals surface area contributed by atoms with Gasteiger partial charge in [0.05, 0.1) is 0 Å². The fourth-order valence-corrected chi connectivity index (χ4v) is 2.10. The molecule has 0 bridgehead atoms. The minimum Gasteiger partial charge on any atom is -0.251 e. The third-order valence-electron chi connectivity index (χ3n) is 2.62. The second-order valence-corrected chi connectivity index (χ2v) is 4.23. The predicted octanol–water partition coefficient (Wildman–Crippen LogP) is 1.73. The van der Waals surface area contributed by atoms with Crippen LogP contribution in [0.4, 0.5) is 0 Å². The number of hydrogen-bond acceptors (Lipinski definition) is 2. The Bertz CT molecular complexity index is 699. The first-order valence-corrected chi connectivity index (χ1v) is 5.74. The Morgan fingerprint density at radius 3 is 2.88 bits per heavy atom. The van der Waals surface area contributed by atoms with Crippen LogP contribution in [-0.4, -0.2) is 14.9 Å². The highest BCUT2D eigenvalue weighted by atomic mass is 32.1. The quantitative estimate of drug-likeness (QED) is 0.550. The van der Waals surface area contributed by atoms with Crippen LogP contribution in [0.2, 0.25) is 0 Å². The summed E-state index contributed by atoms with van der Waals surface area (Å²) in [5.74, 6) is 0. The number of nitrogens with zero attached hydrogens (tertiary/aromatic N) is 3. The molecule has 0 aliphatic carbocycles. The zero-order valence-corrected chi connectivity index (χ0v) is 9.89. The SMILES string of the molecule is S=c1cc[nH][n+]2cnn(Cc3ccccc3)c12. The molecule has 0 saturated carbocycles. The molecule has 0 atom stereocenters. The molecule has 4 nitrogen and oxygen atoms in total. The molecular formula is C12H11N4S+. The first-order valence-electron chi connectivity index (χ1n) is 5.33. The number of fused-ring (bicyclic) bond motifs is 1. The largest absolute Gasteiger partial charge is 0.301 e. The van der Waals surface area contributed by atoms with Gasteiger partial charge in [-0.2, -0.15) is 0 Å². The Morgan fingerprint density at radius 1 is 1.24 bits per heavy atom. The number of rotatable bonds is 2. The molecule has 0 fully saturated rings. The summed E-state index contributed by atoms with van der Waals surface area (Å²) >= 11 is 5.31. The average Bonchev–Trinajstić information content (AvgIpc) is 2.75. The van der Waals surface area contributed by atoms with E-state index in [1.807, 2.05) is 39.7 Å². The van der Waals surface area contributed by atoms with Crippen LogP contribution in [0.25, 0.3) is 5.65 Å². The topological polar surface area (TPSA) is 37.7 Å². The third kappa shape index (κ3) is 1.85. The van der Waals surface area contributed by atoms with Crippen molar-refractivity contribution in [2.45, 2.75) is 6.54 Å². The van der Waals surface area contributed by atoms with E-state index in [4.69, 9.17) is 12.2 Å². The van der Waals surface area contributed by atoms with Gasteiger partial charge in [-0.1, -0.05) is 42.5 Å². The van der Waals surface area contributed by atoms with Gasteiger partial charge in [-0.05, 0) is 11.6 Å². The molecule has 1 aromatic carbocycles. The van der Waals surface area contributed by atoms with E-state index < -0.39 is 0 Å². The molecule has 1 N–H and O–H groups in total. The molecule has 0 radical (unpaired) electrons. The van der Waals surface area contributed by atoms with Crippen molar-refractivity contribution in [1.29, 1.82) is 0 Å². The second-order valence-electron chi connectivity index (χ2n) is 3.79. The highest BCUT2D eigenvalue weighted by Crippen LogP contribution is 2.04. The molecule has 0 aliphatic heterocycles. The van der Waals surface area contributed by atoms with E-state index >= 15 is 0 Å². The van der Waals surface area contributed by atoms with Gasteiger partial charge in [-0.25, -0.2) is 0 Å². The van der Waals surface area contributed by atoms with Gasteiger partial charge in [0.2, 0.25) is 0 Å². The van der Waals surface area contributed by atoms with Crippen molar-refractivity contribution in [1.82, 2.24) is 14.9 Å². The summed E-state index contributed by atoms with van der Waals surface area (Å²) in [5.41, 5.74) is 2.11. The number of benzene rings is 1. The maximum absolute atomic E-state index is 5.31. The van der Waals surface area contributed by atoms with E-state index in [1.165, 1.54) is 5.56 Å². The molecule has 5 heteroatoms. The third-order valence-corrected chi connectivity index (χ3v) is 2.94. The molecule has 17 heavy (non-hydrogen) atoms. The van der Waals surface area contributed by atoms with Crippen LogP contribution in [0.15, 0.2) is 48.9 Å². The molecule has 2 aromatic heterocycles. The number of aromatic nitrogens is 4. The summed E-state index contributed by atoms with van der Waals surface area (Å²) in [5, 5.41) is 7.40. The number of aromatic amines is 1. The molecule has 0 unspecified atom stereocenters. The average molecular weight is 243 g/mol. The molecule has 0 amide bonds. The Morgan fingerprint density at radius 2 is 2.06 bits per heavy atom. The Hall–Kier alpha value is -2.01. The van der Waals surface area contributed by atoms with E-state index in [2.05, 4.69) is 22.3 Å². The first-order chi connectivity index (χ1) is 8.34. The van der Waals surface area contributed by atoms with Crippen molar-refractivity contribution in [2.24, 2.45) is 0 Å². The smallest absolute Gasteiger partial charge is 0.251 e. The molecule has 3 rings (SSSR count). The Kier molecular flexibility index (Phi) is 2.45. The standard InChI is InChI=1S/C12H10N4S/c17-11-6-7-13-16-9-14-15(12(11)16)8-10-4-2-1-3-5-10/h1-7,9H,8H2/p+1. The van der Waals surface area contributed by atoms with Gasteiger partial charge in [-0.3, -0.25) is 5.10 Å². The fourth-order valence-electron chi connectivity index (χ4n) is 1.83. The van der Waals surface area contributed by atoms with Gasteiger partial charge in [0.1, 0.15) is 11.1 Å². The van der Waals surface area contributed by atoms with Gasteiger partial charge in [0.15, 0.2) is 0 Å². The summed E-state index contributed by atoms with van der Waals surface area (Å²) in [7, 11) is 0. The van der Waals surface area contributed by atoms with E-state index in [0.29, 0.717) is 0 Å². The summed E-state index contributed by atoms with van der Waals surface area (Å²) in [6, 6.07) is 12.1. The number of H-pyrrole nitrogens is 1. The number of hydrogen-bond donors (Lipinski definition) is 1. The highest BCUT2D eigenvalue weighted by Gasteiger charge is 2.12. The van der Waals surface area contributed by atoms with Gasteiger partial charge in [0.25, 0.3) is 6.33 Å². The molecule has 0 saturated heterocycles. The summed E-state index contributed by atoms with van der Waals surface area (Å²) in [4.78, 5) is 0. The van der Waals surface area contributed by atoms with E-state index in [-0.39, 0.29) is 0 Å². The second kappa shape index (κ2) is 4.10. The summed E-state index contributed by atoms with van der Waals surface area (Å²) < 4.78 is 4.51. The van der Waals surface area contributed by atoms with Crippen molar-refractivity contribution in [2.75, 3.05) is 0 Å². The van der Waals surface area contributed by atoms with Gasteiger partial charge in [0, 0.05) is 11.3 Å². The fraction of sp³-hybridized carbons (Fsp3) is 0.0833. The predicted molar refractivity (Wildman–Crippen MR) is 66.1 cm³/mol. The minimum atomic E-state index is 0.721. The van der Waals surface area contributed by atoms with Crippen LogP contribution in [0.3, 0.4) is 0 Å². The van der Waals surface area contributed by atoms with Crippen LogP contribution >= 0.6 is 12.2 Å². The summed E-state index contributed by atoms with van der Waals surface area (Å²) in [6.45, 7) is 0.721. The van der Waals surface area contributed by atoms with Crippen LogP contribution in [0, 0.1) is 4.51 Å². The van der Waals surface area contributed by atoms with Gasteiger partial charge < -0.3 is 0 Å². The lowest BCUT2D eigenvalue weighted by atomic mass is 10.2. The molecular weight excluding hydrogens is 232 g/mol. The lowest BCUT2D eigenvalue weighted by Gasteiger charge is -1.96. The maximum atomic E-state index is 5.31. The maximum Gasteiger partial charge on any atom is 0.301 e. The monoisotopic (exact) mass is 243 g/mol. The van der Waals surface area contributed by atoms with Crippen molar-refractivity contribution in [3.8, 4) is 0 Å². The molecule has 2 heterocycles. The van der Waals surface area contributed by atoms with E-state index in [1.54, 1.807) is 6.33 Å². The first kappa shape index (κ1) is 10.2. The van der Waals surface area contributed by atoms with Crippen molar-refractivity contribution in [3.05, 3.63) is 59.0 Å². The summed E-state index contributed by atoms with van der Waals surface area (Å²) in [6.07, 6.45) is 3.54. The Labute approximate surface area is 103 Å². The lowest BCUT2D eigenvalue weighted by molar-refractivity contribution is -0.581. The van der Waals surface area contributed by atoms with Crippen LogP contribution < -0.4 is 4.52 Å². The van der Waals surface area contributed by atoms with Crippen LogP contribution in [-0.2, 0) is 6.54 Å². The zero-order valence-electron chi connectivity index (χ0n) is 9.08. The Balaban J connectivity index is 2.10. The van der Waals surface area contributed by atoms with Crippen molar-refractivity contribution < 1.29 is 4.52 Å². The van der Waals surface area contributed by atoms with Crippen LogP contribution in [0.5, 0.6) is 0 Å². The van der Waals surface area contributed by atoms with Crippen molar-refractivity contribution in [3.63, 3.8) is 0 Å². The highest BCUT2D eigenvalue weighted by molar-refractivity contribution is 7.71. The number of nitrogens with one attached hydrogen (secondary N) is 1. The van der Waals surface area contributed by atoms with E-state index in [0.717, 1.165) is 16.7 Å². The normalized spacial score (nSPS) is 10.8. The molecule has 0 spiro atoms. The molecule has 0 aliphatic rings. The zero-order chi connectivity index (χ0) is 11.7. The molecule has 84 valence electrons.